The highest BCUT2D eigenvalue weighted by molar-refractivity contribution is 5.03. The van der Waals surface area contributed by atoms with Crippen molar-refractivity contribution in [3.63, 3.8) is 0 Å². The molecule has 1 spiro atoms. The predicted molar refractivity (Wildman–Crippen MR) is 64.2 cm³/mol. The highest BCUT2D eigenvalue weighted by Crippen LogP contribution is 2.37. The van der Waals surface area contributed by atoms with Crippen LogP contribution >= 0.6 is 0 Å². The summed E-state index contributed by atoms with van der Waals surface area (Å²) in [6.07, 6.45) is 6.23. The molecule has 1 unspecified atom stereocenters. The van der Waals surface area contributed by atoms with Crippen molar-refractivity contribution < 1.29 is 9.47 Å². The minimum Gasteiger partial charge on any atom is -0.349 e. The van der Waals surface area contributed by atoms with E-state index in [1.165, 1.54) is 0 Å². The Kier molecular flexibility index (Phi) is 3.67. The lowest BCUT2D eigenvalue weighted by Crippen LogP contribution is -2.61. The van der Waals surface area contributed by atoms with Gasteiger partial charge < -0.3 is 14.8 Å². The summed E-state index contributed by atoms with van der Waals surface area (Å²) >= 11 is 0. The molecule has 16 heavy (non-hydrogen) atoms. The van der Waals surface area contributed by atoms with E-state index in [1.807, 2.05) is 0 Å². The molecule has 0 saturated carbocycles. The van der Waals surface area contributed by atoms with Crippen molar-refractivity contribution in [2.24, 2.45) is 5.92 Å². The zero-order valence-corrected chi connectivity index (χ0v) is 10.5. The van der Waals surface area contributed by atoms with Crippen molar-refractivity contribution in [2.75, 3.05) is 13.2 Å². The van der Waals surface area contributed by atoms with Crippen molar-refractivity contribution in [1.29, 1.82) is 0 Å². The average molecular weight is 225 g/mol. The first-order valence-electron chi connectivity index (χ1n) is 6.35. The molecule has 3 atom stereocenters. The number of rotatable bonds is 1. The number of piperidine rings is 1. The van der Waals surface area contributed by atoms with E-state index in [0.717, 1.165) is 26.1 Å². The van der Waals surface area contributed by atoms with Gasteiger partial charge in [-0.1, -0.05) is 19.1 Å². The fourth-order valence-electron chi connectivity index (χ4n) is 2.74. The summed E-state index contributed by atoms with van der Waals surface area (Å²) in [5.74, 6) is 0.0434. The second-order valence-electron chi connectivity index (χ2n) is 4.94. The fraction of sp³-hybridized carbons (Fsp3) is 0.846. The van der Waals surface area contributed by atoms with Gasteiger partial charge in [-0.05, 0) is 20.3 Å². The Bertz CT molecular complexity index is 259. The summed E-state index contributed by atoms with van der Waals surface area (Å²) in [7, 11) is 0. The van der Waals surface area contributed by atoms with Crippen molar-refractivity contribution >= 4 is 0 Å². The SMILES string of the molecule is C/C=C/[C@@H]1CC2(OCCCO2)C(C)[C@H](C)N1. The molecule has 2 saturated heterocycles. The molecule has 2 fully saturated rings. The first-order chi connectivity index (χ1) is 7.68. The fourth-order valence-corrected chi connectivity index (χ4v) is 2.74. The largest absolute Gasteiger partial charge is 0.349 e. The smallest absolute Gasteiger partial charge is 0.174 e. The molecule has 2 aliphatic rings. The van der Waals surface area contributed by atoms with E-state index in [0.29, 0.717) is 18.0 Å². The van der Waals surface area contributed by atoms with Gasteiger partial charge in [0.15, 0.2) is 5.79 Å². The van der Waals surface area contributed by atoms with Gasteiger partial charge in [-0.2, -0.15) is 0 Å². The van der Waals surface area contributed by atoms with Crippen LogP contribution in [0.1, 0.15) is 33.6 Å². The summed E-state index contributed by atoms with van der Waals surface area (Å²) in [5, 5.41) is 3.59. The molecule has 0 aromatic heterocycles. The third kappa shape index (κ3) is 2.17. The first kappa shape index (κ1) is 12.1. The maximum absolute atomic E-state index is 5.97. The normalized spacial score (nSPS) is 39.3. The predicted octanol–water partition coefficient (Wildman–Crippen LogP) is 2.08. The van der Waals surface area contributed by atoms with Crippen LogP contribution in [0.2, 0.25) is 0 Å². The van der Waals surface area contributed by atoms with Gasteiger partial charge in [0.2, 0.25) is 0 Å². The Morgan fingerprint density at radius 1 is 1.25 bits per heavy atom. The van der Waals surface area contributed by atoms with Gasteiger partial charge in [0.25, 0.3) is 0 Å². The summed E-state index contributed by atoms with van der Waals surface area (Å²) in [6, 6.07) is 0.794. The zero-order chi connectivity index (χ0) is 11.6. The highest BCUT2D eigenvalue weighted by atomic mass is 16.7. The lowest BCUT2D eigenvalue weighted by molar-refractivity contribution is -0.307. The highest BCUT2D eigenvalue weighted by Gasteiger charge is 2.47. The van der Waals surface area contributed by atoms with Gasteiger partial charge in [0.05, 0.1) is 13.2 Å². The van der Waals surface area contributed by atoms with Crippen LogP contribution in [0.3, 0.4) is 0 Å². The Labute approximate surface area is 98.2 Å². The van der Waals surface area contributed by atoms with E-state index >= 15 is 0 Å². The number of ether oxygens (including phenoxy) is 2. The molecule has 3 heteroatoms. The van der Waals surface area contributed by atoms with Gasteiger partial charge in [0.1, 0.15) is 0 Å². The number of allylic oxidation sites excluding steroid dienone is 1. The molecular weight excluding hydrogens is 202 g/mol. The standard InChI is InChI=1S/C13H23NO2/c1-4-6-12-9-13(10(2)11(3)14-12)15-7-5-8-16-13/h4,6,10-12,14H,5,7-9H2,1-3H3/b6-4+/t10?,11-,12+/m0/s1. The summed E-state index contributed by atoms with van der Waals surface area (Å²) in [5.41, 5.74) is 0. The van der Waals surface area contributed by atoms with E-state index in [-0.39, 0.29) is 5.79 Å². The molecule has 2 heterocycles. The third-order valence-electron chi connectivity index (χ3n) is 3.83. The van der Waals surface area contributed by atoms with Crippen LogP contribution in [0.15, 0.2) is 12.2 Å². The molecule has 0 aliphatic carbocycles. The quantitative estimate of drug-likeness (QED) is 0.693. The topological polar surface area (TPSA) is 30.5 Å². The Morgan fingerprint density at radius 3 is 2.56 bits per heavy atom. The van der Waals surface area contributed by atoms with Gasteiger partial charge >= 0.3 is 0 Å². The lowest BCUT2D eigenvalue weighted by atomic mass is 9.83. The maximum Gasteiger partial charge on any atom is 0.174 e. The monoisotopic (exact) mass is 225 g/mol. The van der Waals surface area contributed by atoms with Crippen LogP contribution in [0, 0.1) is 5.92 Å². The molecule has 2 aliphatic heterocycles. The summed E-state index contributed by atoms with van der Waals surface area (Å²) in [6.45, 7) is 8.15. The molecule has 2 rings (SSSR count). The third-order valence-corrected chi connectivity index (χ3v) is 3.83. The molecule has 0 amide bonds. The zero-order valence-electron chi connectivity index (χ0n) is 10.5. The number of nitrogens with one attached hydrogen (secondary N) is 1. The Morgan fingerprint density at radius 2 is 1.94 bits per heavy atom. The molecule has 3 nitrogen and oxygen atoms in total. The van der Waals surface area contributed by atoms with E-state index < -0.39 is 0 Å². The second-order valence-corrected chi connectivity index (χ2v) is 4.94. The minimum absolute atomic E-state index is 0.354. The Balaban J connectivity index is 2.14. The van der Waals surface area contributed by atoms with Gasteiger partial charge in [-0.25, -0.2) is 0 Å². The van der Waals surface area contributed by atoms with Crippen molar-refractivity contribution in [3.8, 4) is 0 Å². The van der Waals surface area contributed by atoms with Crippen LogP contribution in [0.25, 0.3) is 0 Å². The average Bonchev–Trinajstić information content (AvgIpc) is 2.28. The maximum atomic E-state index is 5.97. The summed E-state index contributed by atoms with van der Waals surface area (Å²) < 4.78 is 11.9. The summed E-state index contributed by atoms with van der Waals surface area (Å²) in [4.78, 5) is 0. The first-order valence-corrected chi connectivity index (χ1v) is 6.35. The van der Waals surface area contributed by atoms with E-state index in [4.69, 9.17) is 9.47 Å². The molecule has 0 radical (unpaired) electrons. The van der Waals surface area contributed by atoms with Crippen LogP contribution in [0.5, 0.6) is 0 Å². The number of hydrogen-bond acceptors (Lipinski definition) is 3. The van der Waals surface area contributed by atoms with Gasteiger partial charge in [-0.3, -0.25) is 0 Å². The van der Waals surface area contributed by atoms with Crippen molar-refractivity contribution in [3.05, 3.63) is 12.2 Å². The minimum atomic E-state index is -0.354. The van der Waals surface area contributed by atoms with Crippen LogP contribution in [-0.2, 0) is 9.47 Å². The van der Waals surface area contributed by atoms with Crippen molar-refractivity contribution in [2.45, 2.75) is 51.5 Å². The van der Waals surface area contributed by atoms with Crippen LogP contribution in [-0.4, -0.2) is 31.1 Å². The Hall–Kier alpha value is -0.380. The van der Waals surface area contributed by atoms with Crippen LogP contribution < -0.4 is 5.32 Å². The molecule has 0 aromatic rings. The molecular formula is C13H23NO2. The van der Waals surface area contributed by atoms with E-state index in [1.54, 1.807) is 0 Å². The van der Waals surface area contributed by atoms with E-state index in [9.17, 15) is 0 Å². The molecule has 1 N–H and O–H groups in total. The van der Waals surface area contributed by atoms with Crippen LogP contribution in [0.4, 0.5) is 0 Å². The lowest BCUT2D eigenvalue weighted by Gasteiger charge is -2.49. The molecule has 0 aromatic carbocycles. The molecule has 0 bridgehead atoms. The van der Waals surface area contributed by atoms with Crippen molar-refractivity contribution in [1.82, 2.24) is 5.32 Å². The van der Waals surface area contributed by atoms with Gasteiger partial charge in [0, 0.05) is 24.4 Å². The molecule has 92 valence electrons. The second kappa shape index (κ2) is 4.86. The van der Waals surface area contributed by atoms with Gasteiger partial charge in [-0.15, -0.1) is 0 Å². The van der Waals surface area contributed by atoms with E-state index in [2.05, 4.69) is 38.2 Å². The number of hydrogen-bond donors (Lipinski definition) is 1.